The summed E-state index contributed by atoms with van der Waals surface area (Å²) < 4.78 is 0. The van der Waals surface area contributed by atoms with E-state index in [1.165, 1.54) is 18.5 Å². The van der Waals surface area contributed by atoms with Crippen molar-refractivity contribution in [3.63, 3.8) is 0 Å². The summed E-state index contributed by atoms with van der Waals surface area (Å²) in [5, 5.41) is 0. The second kappa shape index (κ2) is 2.94. The Balaban J connectivity index is 1.96. The van der Waals surface area contributed by atoms with Crippen LogP contribution in [0.1, 0.15) is 24.5 Å². The summed E-state index contributed by atoms with van der Waals surface area (Å²) in [4.78, 5) is 11.7. The molecule has 0 aliphatic heterocycles. The van der Waals surface area contributed by atoms with Gasteiger partial charge in [0.05, 0.1) is 0 Å². The number of hydrogen-bond donors (Lipinski definition) is 1. The number of aromatic amines is 1. The van der Waals surface area contributed by atoms with Gasteiger partial charge in [-0.25, -0.2) is 4.98 Å². The minimum Gasteiger partial charge on any atom is -0.342 e. The maximum Gasteiger partial charge on any atom is 0.137 e. The van der Waals surface area contributed by atoms with Gasteiger partial charge in [0, 0.05) is 35.8 Å². The fourth-order valence-corrected chi connectivity index (χ4v) is 1.59. The number of pyridine rings is 1. The number of hydrogen-bond acceptors (Lipinski definition) is 2. The predicted molar refractivity (Wildman–Crippen MR) is 53.8 cm³/mol. The molecule has 1 N–H and O–H groups in total. The summed E-state index contributed by atoms with van der Waals surface area (Å²) >= 11 is 0. The molecular formula is C11H11N3. The first kappa shape index (κ1) is 7.74. The first-order chi connectivity index (χ1) is 6.93. The maximum atomic E-state index is 4.36. The van der Waals surface area contributed by atoms with Crippen LogP contribution in [0.3, 0.4) is 0 Å². The highest BCUT2D eigenvalue weighted by atomic mass is 14.9. The molecule has 0 saturated heterocycles. The summed E-state index contributed by atoms with van der Waals surface area (Å²) in [5.74, 6) is 1.69. The van der Waals surface area contributed by atoms with E-state index in [9.17, 15) is 0 Å². The molecule has 3 rings (SSSR count). The largest absolute Gasteiger partial charge is 0.342 e. The Kier molecular flexibility index (Phi) is 1.63. The molecule has 1 saturated carbocycles. The molecule has 0 amide bonds. The quantitative estimate of drug-likeness (QED) is 0.780. The van der Waals surface area contributed by atoms with Gasteiger partial charge in [0.25, 0.3) is 0 Å². The van der Waals surface area contributed by atoms with Crippen LogP contribution in [0, 0.1) is 0 Å². The van der Waals surface area contributed by atoms with Crippen LogP contribution in [-0.2, 0) is 0 Å². The molecule has 0 unspecified atom stereocenters. The smallest absolute Gasteiger partial charge is 0.137 e. The van der Waals surface area contributed by atoms with Gasteiger partial charge >= 0.3 is 0 Å². The van der Waals surface area contributed by atoms with Crippen LogP contribution in [0.2, 0.25) is 0 Å². The Morgan fingerprint density at radius 1 is 1.21 bits per heavy atom. The van der Waals surface area contributed by atoms with Crippen LogP contribution < -0.4 is 0 Å². The number of nitrogens with zero attached hydrogens (tertiary/aromatic N) is 2. The summed E-state index contributed by atoms with van der Waals surface area (Å²) in [5.41, 5.74) is 2.38. The van der Waals surface area contributed by atoms with Gasteiger partial charge in [-0.15, -0.1) is 0 Å². The molecule has 0 atom stereocenters. The summed E-state index contributed by atoms with van der Waals surface area (Å²) in [6.07, 6.45) is 8.13. The van der Waals surface area contributed by atoms with Crippen molar-refractivity contribution < 1.29 is 0 Å². The van der Waals surface area contributed by atoms with Crippen molar-refractivity contribution in [1.29, 1.82) is 0 Å². The number of imidazole rings is 1. The first-order valence-electron chi connectivity index (χ1n) is 4.89. The molecule has 0 bridgehead atoms. The van der Waals surface area contributed by atoms with E-state index in [0.29, 0.717) is 0 Å². The standard InChI is InChI=1S/C11H11N3/c1-2-8(1)10-7-13-11(14-10)9-3-5-12-6-4-9/h3-8H,1-2H2,(H,13,14). The average Bonchev–Trinajstić information content (AvgIpc) is 2.98. The fraction of sp³-hybridized carbons (Fsp3) is 0.273. The molecule has 3 heteroatoms. The van der Waals surface area contributed by atoms with Crippen LogP contribution in [0.5, 0.6) is 0 Å². The molecule has 14 heavy (non-hydrogen) atoms. The summed E-state index contributed by atoms with van der Waals surface area (Å²) in [7, 11) is 0. The lowest BCUT2D eigenvalue weighted by Gasteiger charge is -1.94. The van der Waals surface area contributed by atoms with Crippen molar-refractivity contribution in [2.24, 2.45) is 0 Å². The number of nitrogens with one attached hydrogen (secondary N) is 1. The van der Waals surface area contributed by atoms with Gasteiger partial charge in [-0.05, 0) is 25.0 Å². The topological polar surface area (TPSA) is 41.6 Å². The first-order valence-corrected chi connectivity index (χ1v) is 4.89. The summed E-state index contributed by atoms with van der Waals surface area (Å²) in [6.45, 7) is 0. The van der Waals surface area contributed by atoms with Crippen molar-refractivity contribution in [1.82, 2.24) is 15.0 Å². The number of H-pyrrole nitrogens is 1. The van der Waals surface area contributed by atoms with Crippen LogP contribution >= 0.6 is 0 Å². The second-order valence-corrected chi connectivity index (χ2v) is 3.70. The Morgan fingerprint density at radius 2 is 2.00 bits per heavy atom. The molecule has 0 radical (unpaired) electrons. The van der Waals surface area contributed by atoms with Gasteiger partial charge < -0.3 is 4.98 Å². The van der Waals surface area contributed by atoms with E-state index in [1.54, 1.807) is 12.4 Å². The lowest BCUT2D eigenvalue weighted by atomic mass is 10.2. The minimum atomic E-state index is 0.734. The van der Waals surface area contributed by atoms with E-state index in [4.69, 9.17) is 0 Å². The molecule has 2 heterocycles. The van der Waals surface area contributed by atoms with Crippen molar-refractivity contribution in [2.45, 2.75) is 18.8 Å². The van der Waals surface area contributed by atoms with Crippen molar-refractivity contribution in [3.8, 4) is 11.4 Å². The van der Waals surface area contributed by atoms with E-state index in [0.717, 1.165) is 17.3 Å². The average molecular weight is 185 g/mol. The third-order valence-corrected chi connectivity index (χ3v) is 2.57. The Hall–Kier alpha value is -1.64. The Morgan fingerprint density at radius 3 is 2.71 bits per heavy atom. The van der Waals surface area contributed by atoms with E-state index in [2.05, 4.69) is 15.0 Å². The Labute approximate surface area is 82.2 Å². The number of rotatable bonds is 2. The molecule has 1 aliphatic carbocycles. The highest BCUT2D eigenvalue weighted by Gasteiger charge is 2.25. The third kappa shape index (κ3) is 1.31. The molecule has 2 aromatic rings. The van der Waals surface area contributed by atoms with Crippen molar-refractivity contribution in [3.05, 3.63) is 36.4 Å². The molecule has 3 nitrogen and oxygen atoms in total. The zero-order valence-corrected chi connectivity index (χ0v) is 7.77. The Bertz CT molecular complexity index is 429. The monoisotopic (exact) mass is 185 g/mol. The normalized spacial score (nSPS) is 15.7. The molecule has 0 aromatic carbocycles. The zero-order chi connectivity index (χ0) is 9.38. The van der Waals surface area contributed by atoms with E-state index in [1.807, 2.05) is 18.3 Å². The predicted octanol–water partition coefficient (Wildman–Crippen LogP) is 2.35. The summed E-state index contributed by atoms with van der Waals surface area (Å²) in [6, 6.07) is 3.94. The van der Waals surface area contributed by atoms with Crippen molar-refractivity contribution >= 4 is 0 Å². The van der Waals surface area contributed by atoms with E-state index < -0.39 is 0 Å². The van der Waals surface area contributed by atoms with Gasteiger partial charge in [0.1, 0.15) is 5.82 Å². The van der Waals surface area contributed by atoms with Crippen LogP contribution in [0.25, 0.3) is 11.4 Å². The minimum absolute atomic E-state index is 0.734. The molecular weight excluding hydrogens is 174 g/mol. The van der Waals surface area contributed by atoms with Crippen LogP contribution in [0.4, 0.5) is 0 Å². The van der Waals surface area contributed by atoms with Gasteiger partial charge in [-0.3, -0.25) is 4.98 Å². The highest BCUT2D eigenvalue weighted by molar-refractivity contribution is 5.54. The lowest BCUT2D eigenvalue weighted by molar-refractivity contribution is 1.05. The van der Waals surface area contributed by atoms with Gasteiger partial charge in [0.15, 0.2) is 0 Å². The maximum absolute atomic E-state index is 4.36. The molecule has 0 spiro atoms. The SMILES string of the molecule is c1cc(-c2ncc(C3CC3)[nH]2)ccn1. The van der Waals surface area contributed by atoms with Crippen LogP contribution in [-0.4, -0.2) is 15.0 Å². The molecule has 2 aromatic heterocycles. The zero-order valence-electron chi connectivity index (χ0n) is 7.77. The van der Waals surface area contributed by atoms with Gasteiger partial charge in [-0.2, -0.15) is 0 Å². The van der Waals surface area contributed by atoms with E-state index >= 15 is 0 Å². The molecule has 1 fully saturated rings. The lowest BCUT2D eigenvalue weighted by Crippen LogP contribution is -1.81. The molecule has 70 valence electrons. The second-order valence-electron chi connectivity index (χ2n) is 3.70. The fourth-order valence-electron chi connectivity index (χ4n) is 1.59. The van der Waals surface area contributed by atoms with E-state index in [-0.39, 0.29) is 0 Å². The van der Waals surface area contributed by atoms with Crippen LogP contribution in [0.15, 0.2) is 30.7 Å². The van der Waals surface area contributed by atoms with Crippen molar-refractivity contribution in [2.75, 3.05) is 0 Å². The molecule has 1 aliphatic rings. The highest BCUT2D eigenvalue weighted by Crippen LogP contribution is 2.39. The van der Waals surface area contributed by atoms with Gasteiger partial charge in [-0.1, -0.05) is 0 Å². The van der Waals surface area contributed by atoms with Gasteiger partial charge in [0.2, 0.25) is 0 Å². The third-order valence-electron chi connectivity index (χ3n) is 2.57. The number of aromatic nitrogens is 3.